The quantitative estimate of drug-likeness (QED) is 0.634. The molecule has 0 aromatic heterocycles. The largest absolute Gasteiger partial charge is 0.296 e. The first-order valence-electron chi connectivity index (χ1n) is 8.64. The molecule has 4 nitrogen and oxygen atoms in total. The number of nitrogens with one attached hydrogen (secondary N) is 1. The van der Waals surface area contributed by atoms with Gasteiger partial charge in [-0.2, -0.15) is 0 Å². The summed E-state index contributed by atoms with van der Waals surface area (Å²) in [6, 6.07) is 12.2. The van der Waals surface area contributed by atoms with Crippen LogP contribution in [0.15, 0.2) is 41.3 Å². The summed E-state index contributed by atoms with van der Waals surface area (Å²) in [5.74, 6) is -0.582. The van der Waals surface area contributed by atoms with Gasteiger partial charge in [0, 0.05) is 29.4 Å². The molecule has 0 saturated carbocycles. The Bertz CT molecular complexity index is 899. The third kappa shape index (κ3) is 3.39. The molecule has 134 valence electrons. The second-order valence-electron chi connectivity index (χ2n) is 6.78. The van der Waals surface area contributed by atoms with Crippen LogP contribution in [0.25, 0.3) is 0 Å². The maximum absolute atomic E-state index is 12.1. The third-order valence-electron chi connectivity index (χ3n) is 5.01. The number of hydrogen-bond acceptors (Lipinski definition) is 4. The van der Waals surface area contributed by atoms with E-state index < -0.39 is 0 Å². The van der Waals surface area contributed by atoms with Gasteiger partial charge >= 0.3 is 0 Å². The van der Waals surface area contributed by atoms with Crippen LogP contribution in [-0.4, -0.2) is 16.1 Å². The molecule has 2 aliphatic heterocycles. The van der Waals surface area contributed by atoms with Gasteiger partial charge in [0.15, 0.2) is 0 Å². The van der Waals surface area contributed by atoms with Crippen molar-refractivity contribution in [3.8, 4) is 0 Å². The van der Waals surface area contributed by atoms with Crippen molar-refractivity contribution < 1.29 is 9.59 Å². The third-order valence-corrected chi connectivity index (χ3v) is 6.58. The van der Waals surface area contributed by atoms with Crippen LogP contribution in [0.2, 0.25) is 5.02 Å². The molecule has 2 aromatic rings. The molecule has 1 N–H and O–H groups in total. The van der Waals surface area contributed by atoms with Crippen LogP contribution in [0, 0.1) is 6.92 Å². The Balaban J connectivity index is 1.50. The van der Waals surface area contributed by atoms with Gasteiger partial charge in [-0.05, 0) is 59.7 Å². The number of carbonyl (C=O) groups is 2. The van der Waals surface area contributed by atoms with Crippen molar-refractivity contribution in [1.82, 2.24) is 9.62 Å². The lowest BCUT2D eigenvalue weighted by Crippen LogP contribution is -2.39. The lowest BCUT2D eigenvalue weighted by molar-refractivity contribution is -0.134. The van der Waals surface area contributed by atoms with Crippen molar-refractivity contribution in [3.05, 3.63) is 63.7 Å². The van der Waals surface area contributed by atoms with Crippen LogP contribution in [0.3, 0.4) is 0 Å². The summed E-state index contributed by atoms with van der Waals surface area (Å²) >= 11 is 7.94. The zero-order valence-corrected chi connectivity index (χ0v) is 16.0. The zero-order chi connectivity index (χ0) is 18.3. The number of amides is 2. The molecule has 0 spiro atoms. The van der Waals surface area contributed by atoms with Crippen LogP contribution in [-0.2, 0) is 22.7 Å². The monoisotopic (exact) mass is 386 g/mol. The van der Waals surface area contributed by atoms with Crippen LogP contribution in [0.4, 0.5) is 0 Å². The highest BCUT2D eigenvalue weighted by Crippen LogP contribution is 2.37. The van der Waals surface area contributed by atoms with E-state index in [2.05, 4.69) is 27.8 Å². The summed E-state index contributed by atoms with van der Waals surface area (Å²) in [6.07, 6.45) is 0.993. The van der Waals surface area contributed by atoms with E-state index in [-0.39, 0.29) is 17.7 Å². The Morgan fingerprint density at radius 3 is 2.77 bits per heavy atom. The first-order chi connectivity index (χ1) is 12.5. The van der Waals surface area contributed by atoms with E-state index in [4.69, 9.17) is 11.6 Å². The van der Waals surface area contributed by atoms with E-state index >= 15 is 0 Å². The van der Waals surface area contributed by atoms with Crippen LogP contribution < -0.4 is 5.32 Å². The molecular weight excluding hydrogens is 368 g/mol. The number of rotatable bonds is 3. The summed E-state index contributed by atoms with van der Waals surface area (Å²) < 4.78 is 2.30. The Morgan fingerprint density at radius 2 is 1.96 bits per heavy atom. The SMILES string of the molecule is Cc1c(Cl)cccc1SN1Cc2ccc(C3CCC(=O)NC3=O)cc2C1. The van der Waals surface area contributed by atoms with Crippen molar-refractivity contribution in [2.75, 3.05) is 0 Å². The standard InChI is InChI=1S/C20H19ClN2O2S/c1-12-17(21)3-2-4-18(12)26-23-10-14-6-5-13(9-15(14)11-23)16-7-8-19(24)22-20(16)25/h2-6,9,16H,7-8,10-11H2,1H3,(H,22,24,25). The number of imide groups is 1. The Kier molecular flexibility index (Phi) is 4.78. The fourth-order valence-corrected chi connectivity index (χ4v) is 4.80. The molecule has 1 saturated heterocycles. The van der Waals surface area contributed by atoms with Gasteiger partial charge in [-0.25, -0.2) is 4.31 Å². The van der Waals surface area contributed by atoms with Gasteiger partial charge in [-0.3, -0.25) is 14.9 Å². The average Bonchev–Trinajstić information content (AvgIpc) is 3.00. The molecule has 2 amide bonds. The minimum absolute atomic E-state index is 0.174. The molecule has 2 aromatic carbocycles. The number of carbonyl (C=O) groups excluding carboxylic acids is 2. The maximum atomic E-state index is 12.1. The lowest BCUT2D eigenvalue weighted by Gasteiger charge is -2.21. The Labute approximate surface area is 162 Å². The molecule has 1 unspecified atom stereocenters. The normalized spacial score (nSPS) is 20.2. The van der Waals surface area contributed by atoms with Crippen molar-refractivity contribution in [3.63, 3.8) is 0 Å². The zero-order valence-electron chi connectivity index (χ0n) is 14.4. The minimum atomic E-state index is -0.227. The summed E-state index contributed by atoms with van der Waals surface area (Å²) in [5, 5.41) is 3.23. The molecule has 4 rings (SSSR count). The van der Waals surface area contributed by atoms with Gasteiger partial charge in [0.25, 0.3) is 0 Å². The molecule has 2 heterocycles. The molecule has 6 heteroatoms. The Hall–Kier alpha value is -1.82. The number of hydrogen-bond donors (Lipinski definition) is 1. The van der Waals surface area contributed by atoms with Crippen molar-refractivity contribution in [2.24, 2.45) is 0 Å². The van der Waals surface area contributed by atoms with E-state index in [1.54, 1.807) is 11.9 Å². The van der Waals surface area contributed by atoms with Gasteiger partial charge in [-0.15, -0.1) is 0 Å². The molecule has 0 bridgehead atoms. The van der Waals surface area contributed by atoms with E-state index in [0.29, 0.717) is 12.8 Å². The average molecular weight is 387 g/mol. The highest BCUT2D eigenvalue weighted by molar-refractivity contribution is 7.97. The molecule has 1 atom stereocenters. The number of fused-ring (bicyclic) bond motifs is 1. The first-order valence-corrected chi connectivity index (χ1v) is 9.80. The summed E-state index contributed by atoms with van der Waals surface area (Å²) in [4.78, 5) is 24.6. The van der Waals surface area contributed by atoms with Crippen molar-refractivity contribution in [1.29, 1.82) is 0 Å². The van der Waals surface area contributed by atoms with Crippen LogP contribution in [0.1, 0.15) is 41.0 Å². The highest BCUT2D eigenvalue weighted by Gasteiger charge is 2.29. The number of benzene rings is 2. The fraction of sp³-hybridized carbons (Fsp3) is 0.300. The molecule has 2 aliphatic rings. The molecule has 1 fully saturated rings. The van der Waals surface area contributed by atoms with Gasteiger partial charge in [-0.1, -0.05) is 35.9 Å². The highest BCUT2D eigenvalue weighted by atomic mass is 35.5. The second kappa shape index (κ2) is 7.06. The predicted octanol–water partition coefficient (Wildman–Crippen LogP) is 4.19. The molecule has 26 heavy (non-hydrogen) atoms. The Morgan fingerprint density at radius 1 is 1.15 bits per heavy atom. The summed E-state index contributed by atoms with van der Waals surface area (Å²) in [5.41, 5.74) is 4.63. The summed E-state index contributed by atoms with van der Waals surface area (Å²) in [7, 11) is 0. The van der Waals surface area contributed by atoms with E-state index in [9.17, 15) is 9.59 Å². The first kappa shape index (κ1) is 17.6. The van der Waals surface area contributed by atoms with Crippen LogP contribution in [0.5, 0.6) is 0 Å². The topological polar surface area (TPSA) is 49.4 Å². The van der Waals surface area contributed by atoms with Gasteiger partial charge in [0.05, 0.1) is 5.92 Å². The predicted molar refractivity (Wildman–Crippen MR) is 103 cm³/mol. The maximum Gasteiger partial charge on any atom is 0.234 e. The van der Waals surface area contributed by atoms with E-state index in [1.807, 2.05) is 25.1 Å². The number of nitrogens with zero attached hydrogens (tertiary/aromatic N) is 1. The van der Waals surface area contributed by atoms with Crippen molar-refractivity contribution >= 4 is 35.4 Å². The lowest BCUT2D eigenvalue weighted by atomic mass is 9.89. The van der Waals surface area contributed by atoms with E-state index in [0.717, 1.165) is 34.1 Å². The number of halogens is 1. The molecule has 0 aliphatic carbocycles. The van der Waals surface area contributed by atoms with Crippen molar-refractivity contribution in [2.45, 2.75) is 43.7 Å². The molecule has 0 radical (unpaired) electrons. The van der Waals surface area contributed by atoms with Gasteiger partial charge in [0.2, 0.25) is 11.8 Å². The minimum Gasteiger partial charge on any atom is -0.296 e. The van der Waals surface area contributed by atoms with Gasteiger partial charge in [0.1, 0.15) is 0 Å². The van der Waals surface area contributed by atoms with Gasteiger partial charge < -0.3 is 0 Å². The second-order valence-corrected chi connectivity index (χ2v) is 8.33. The fourth-order valence-electron chi connectivity index (χ4n) is 3.50. The molecular formula is C20H19ClN2O2S. The number of piperidine rings is 1. The van der Waals surface area contributed by atoms with E-state index in [1.165, 1.54) is 11.1 Å². The van der Waals surface area contributed by atoms with Crippen LogP contribution >= 0.6 is 23.5 Å². The summed E-state index contributed by atoms with van der Waals surface area (Å²) in [6.45, 7) is 3.73. The smallest absolute Gasteiger partial charge is 0.234 e.